The molecule has 0 aliphatic carbocycles. The number of amides is 6. The molecule has 0 spiro atoms. The average molecular weight is 298 g/mol. The van der Waals surface area contributed by atoms with Crippen LogP contribution in [0.5, 0.6) is 0 Å². The fourth-order valence-corrected chi connectivity index (χ4v) is 1.67. The van der Waals surface area contributed by atoms with Gasteiger partial charge in [0.25, 0.3) is 0 Å². The lowest BCUT2D eigenvalue weighted by molar-refractivity contribution is -0.144. The quantitative estimate of drug-likeness (QED) is 0.435. The molecule has 6 amide bonds. The topological polar surface area (TPSA) is 116 Å². The summed E-state index contributed by atoms with van der Waals surface area (Å²) in [6.07, 6.45) is 1.35. The van der Waals surface area contributed by atoms with E-state index in [2.05, 4.69) is 10.6 Å². The van der Waals surface area contributed by atoms with Crippen LogP contribution in [0.3, 0.4) is 0 Å². The van der Waals surface area contributed by atoms with E-state index in [1.807, 2.05) is 6.92 Å². The third-order valence-corrected chi connectivity index (χ3v) is 2.90. The largest absolute Gasteiger partial charge is 0.358 e. The first-order chi connectivity index (χ1) is 9.92. The van der Waals surface area contributed by atoms with Crippen molar-refractivity contribution in [3.8, 4) is 0 Å². The number of rotatable bonds is 7. The van der Waals surface area contributed by atoms with E-state index in [1.54, 1.807) is 0 Å². The molecule has 1 aliphatic heterocycles. The first kappa shape index (κ1) is 16.6. The molecule has 116 valence electrons. The molecule has 1 fully saturated rings. The van der Waals surface area contributed by atoms with Gasteiger partial charge in [-0.25, -0.2) is 9.69 Å². The zero-order valence-electron chi connectivity index (χ0n) is 12.0. The Balaban J connectivity index is 2.60. The van der Waals surface area contributed by atoms with Crippen molar-refractivity contribution in [3.05, 3.63) is 0 Å². The number of unbranched alkanes of at least 4 members (excludes halogenated alkanes) is 1. The van der Waals surface area contributed by atoms with Crippen LogP contribution in [-0.4, -0.2) is 66.1 Å². The fourth-order valence-electron chi connectivity index (χ4n) is 1.67. The highest BCUT2D eigenvalue weighted by molar-refractivity contribution is 6.45. The molecule has 1 saturated heterocycles. The van der Waals surface area contributed by atoms with E-state index in [1.165, 1.54) is 7.05 Å². The number of carbonyl (C=O) groups is 5. The molecule has 1 heterocycles. The van der Waals surface area contributed by atoms with Gasteiger partial charge < -0.3 is 10.6 Å². The van der Waals surface area contributed by atoms with Crippen molar-refractivity contribution in [3.63, 3.8) is 0 Å². The third kappa shape index (κ3) is 4.01. The van der Waals surface area contributed by atoms with Crippen LogP contribution in [0.25, 0.3) is 0 Å². The van der Waals surface area contributed by atoms with E-state index in [0.717, 1.165) is 11.3 Å². The van der Waals surface area contributed by atoms with Gasteiger partial charge in [0.2, 0.25) is 11.8 Å². The summed E-state index contributed by atoms with van der Waals surface area (Å²) in [4.78, 5) is 59.2. The molecule has 0 aromatic heterocycles. The maximum absolute atomic E-state index is 11.9. The van der Waals surface area contributed by atoms with Gasteiger partial charge in [-0.2, -0.15) is 0 Å². The maximum Gasteiger partial charge on any atom is 0.334 e. The minimum Gasteiger partial charge on any atom is -0.358 e. The van der Waals surface area contributed by atoms with Crippen LogP contribution in [0.4, 0.5) is 4.79 Å². The Kier molecular flexibility index (Phi) is 5.82. The van der Waals surface area contributed by atoms with Gasteiger partial charge in [-0.15, -0.1) is 0 Å². The van der Waals surface area contributed by atoms with Gasteiger partial charge in [-0.3, -0.25) is 24.1 Å². The summed E-state index contributed by atoms with van der Waals surface area (Å²) >= 11 is 0. The number of carbonyl (C=O) groups excluding carboxylic acids is 5. The number of likely N-dealkylation sites (N-methyl/N-ethyl adjacent to an activating group) is 1. The molecule has 2 N–H and O–H groups in total. The molecule has 9 heteroatoms. The maximum atomic E-state index is 11.9. The van der Waals surface area contributed by atoms with E-state index in [0.29, 0.717) is 11.3 Å². The van der Waals surface area contributed by atoms with E-state index in [4.69, 9.17) is 0 Å². The highest BCUT2D eigenvalue weighted by Crippen LogP contribution is 2.12. The Morgan fingerprint density at radius 2 is 1.67 bits per heavy atom. The van der Waals surface area contributed by atoms with Gasteiger partial charge in [0, 0.05) is 13.6 Å². The van der Waals surface area contributed by atoms with Crippen LogP contribution >= 0.6 is 0 Å². The molecule has 0 saturated carbocycles. The van der Waals surface area contributed by atoms with Crippen molar-refractivity contribution >= 4 is 29.7 Å². The van der Waals surface area contributed by atoms with Crippen molar-refractivity contribution in [1.82, 2.24) is 20.4 Å². The summed E-state index contributed by atoms with van der Waals surface area (Å²) in [5.41, 5.74) is 0. The monoisotopic (exact) mass is 298 g/mol. The Hall–Kier alpha value is -2.45. The van der Waals surface area contributed by atoms with E-state index in [9.17, 15) is 24.0 Å². The molecule has 21 heavy (non-hydrogen) atoms. The number of nitrogens with zero attached hydrogens (tertiary/aromatic N) is 2. The zero-order valence-corrected chi connectivity index (χ0v) is 12.0. The van der Waals surface area contributed by atoms with Gasteiger partial charge >= 0.3 is 17.8 Å². The number of nitrogens with one attached hydrogen (secondary N) is 2. The number of hydrogen-bond acceptors (Lipinski definition) is 5. The van der Waals surface area contributed by atoms with Crippen LogP contribution in [0.2, 0.25) is 0 Å². The summed E-state index contributed by atoms with van der Waals surface area (Å²) in [5.74, 6) is -3.05. The van der Waals surface area contributed by atoms with Gasteiger partial charge in [-0.1, -0.05) is 13.3 Å². The summed E-state index contributed by atoms with van der Waals surface area (Å²) in [6.45, 7) is 1.19. The van der Waals surface area contributed by atoms with Crippen LogP contribution in [0.1, 0.15) is 19.8 Å². The second-order valence-electron chi connectivity index (χ2n) is 4.43. The van der Waals surface area contributed by atoms with Crippen molar-refractivity contribution in [2.45, 2.75) is 19.8 Å². The third-order valence-electron chi connectivity index (χ3n) is 2.90. The van der Waals surface area contributed by atoms with E-state index in [-0.39, 0.29) is 13.1 Å². The highest BCUT2D eigenvalue weighted by atomic mass is 16.2. The average Bonchev–Trinajstić information content (AvgIpc) is 2.67. The first-order valence-electron chi connectivity index (χ1n) is 6.57. The second-order valence-corrected chi connectivity index (χ2v) is 4.43. The molecule has 0 aromatic rings. The van der Waals surface area contributed by atoms with Gasteiger partial charge in [0.05, 0.1) is 6.54 Å². The molecule has 9 nitrogen and oxygen atoms in total. The summed E-state index contributed by atoms with van der Waals surface area (Å²) < 4.78 is 0. The number of imide groups is 2. The predicted molar refractivity (Wildman–Crippen MR) is 70.8 cm³/mol. The van der Waals surface area contributed by atoms with Crippen LogP contribution < -0.4 is 10.6 Å². The Bertz CT molecular complexity index is 476. The summed E-state index contributed by atoms with van der Waals surface area (Å²) in [5, 5.41) is 4.55. The van der Waals surface area contributed by atoms with Crippen molar-refractivity contribution in [2.75, 3.05) is 26.7 Å². The molecule has 0 atom stereocenters. The minimum atomic E-state index is -1.02. The van der Waals surface area contributed by atoms with Crippen molar-refractivity contribution in [2.24, 2.45) is 0 Å². The standard InChI is InChI=1S/C12H18N4O5/c1-3-4-5-15-10(19)11(20)16(12(15)21)7-9(18)14-6-8(17)13-2/h3-7H2,1-2H3,(H,13,17)(H,14,18). The Morgan fingerprint density at radius 3 is 2.24 bits per heavy atom. The smallest absolute Gasteiger partial charge is 0.334 e. The Labute approximate surface area is 121 Å². The number of urea groups is 1. The Morgan fingerprint density at radius 1 is 1.05 bits per heavy atom. The fraction of sp³-hybridized carbons (Fsp3) is 0.583. The molecular formula is C12H18N4O5. The summed E-state index contributed by atoms with van der Waals surface area (Å²) in [7, 11) is 1.41. The molecule has 0 bridgehead atoms. The van der Waals surface area contributed by atoms with Gasteiger partial charge in [-0.05, 0) is 6.42 Å². The summed E-state index contributed by atoms with van der Waals surface area (Å²) in [6, 6.07) is -0.798. The van der Waals surface area contributed by atoms with Crippen molar-refractivity contribution < 1.29 is 24.0 Å². The second kappa shape index (κ2) is 7.36. The van der Waals surface area contributed by atoms with Crippen LogP contribution in [-0.2, 0) is 19.2 Å². The predicted octanol–water partition coefficient (Wildman–Crippen LogP) is -1.56. The zero-order chi connectivity index (χ0) is 16.0. The molecule has 0 unspecified atom stereocenters. The molecule has 0 radical (unpaired) electrons. The van der Waals surface area contributed by atoms with Gasteiger partial charge in [0.15, 0.2) is 0 Å². The van der Waals surface area contributed by atoms with E-state index < -0.39 is 36.2 Å². The first-order valence-corrected chi connectivity index (χ1v) is 6.57. The minimum absolute atomic E-state index is 0.149. The van der Waals surface area contributed by atoms with Gasteiger partial charge in [0.1, 0.15) is 6.54 Å². The molecule has 1 aliphatic rings. The van der Waals surface area contributed by atoms with Crippen LogP contribution in [0, 0.1) is 0 Å². The lowest BCUT2D eigenvalue weighted by Gasteiger charge is -2.14. The lowest BCUT2D eigenvalue weighted by Crippen LogP contribution is -2.44. The number of hydrogen-bond donors (Lipinski definition) is 2. The molecule has 1 rings (SSSR count). The van der Waals surface area contributed by atoms with Crippen molar-refractivity contribution in [1.29, 1.82) is 0 Å². The SMILES string of the molecule is CCCCN1C(=O)C(=O)N(CC(=O)NCC(=O)NC)C1=O. The highest BCUT2D eigenvalue weighted by Gasteiger charge is 2.44. The van der Waals surface area contributed by atoms with Crippen LogP contribution in [0.15, 0.2) is 0 Å². The molecule has 0 aromatic carbocycles. The molecular weight excluding hydrogens is 280 g/mol. The van der Waals surface area contributed by atoms with E-state index >= 15 is 0 Å². The normalized spacial score (nSPS) is 14.7. The lowest BCUT2D eigenvalue weighted by atomic mass is 10.3.